The Morgan fingerprint density at radius 3 is 3.00 bits per heavy atom. The van der Waals surface area contributed by atoms with E-state index in [4.69, 9.17) is 4.74 Å². The van der Waals surface area contributed by atoms with Crippen LogP contribution in [0.5, 0.6) is 0 Å². The molecule has 9 heavy (non-hydrogen) atoms. The van der Waals surface area contributed by atoms with E-state index in [9.17, 15) is 4.79 Å². The summed E-state index contributed by atoms with van der Waals surface area (Å²) in [4.78, 5) is 11.7. The van der Waals surface area contributed by atoms with E-state index in [-0.39, 0.29) is 6.10 Å². The van der Waals surface area contributed by atoms with Crippen molar-refractivity contribution in [2.75, 3.05) is 19.7 Å². The lowest BCUT2D eigenvalue weighted by molar-refractivity contribution is 0.00508. The number of hydrogen-bond acceptors (Lipinski definition) is 2. The fourth-order valence-electron chi connectivity index (χ4n) is 0.901. The molecule has 0 saturated carbocycles. The minimum absolute atomic E-state index is 0.181. The fraction of sp³-hybridized carbons (Fsp3) is 0.833. The van der Waals surface area contributed by atoms with Gasteiger partial charge in [-0.05, 0) is 6.92 Å². The highest BCUT2D eigenvalue weighted by Gasteiger charge is 2.14. The Balaban J connectivity index is 2.31. The number of morpholine rings is 1. The summed E-state index contributed by atoms with van der Waals surface area (Å²) in [5.74, 6) is 0. The van der Waals surface area contributed by atoms with E-state index in [0.29, 0.717) is 19.7 Å². The Bertz CT molecular complexity index is 105. The van der Waals surface area contributed by atoms with E-state index in [0.717, 1.165) is 0 Å². The van der Waals surface area contributed by atoms with Crippen LogP contribution >= 0.6 is 0 Å². The van der Waals surface area contributed by atoms with Crippen molar-refractivity contribution in [2.24, 2.45) is 0 Å². The smallest absolute Gasteiger partial charge is 0.312 e. The lowest BCUT2D eigenvalue weighted by atomic mass is 10.3. The predicted octanol–water partition coefficient (Wildman–Crippen LogP) is -0.226. The van der Waals surface area contributed by atoms with Crippen molar-refractivity contribution >= 4 is 6.41 Å². The van der Waals surface area contributed by atoms with Gasteiger partial charge in [0.25, 0.3) is 0 Å². The van der Waals surface area contributed by atoms with Gasteiger partial charge >= 0.3 is 6.41 Å². The molecule has 51 valence electrons. The lowest BCUT2D eigenvalue weighted by Crippen LogP contribution is -2.39. The second-order valence-electron chi connectivity index (χ2n) is 2.22. The molecule has 1 aliphatic heterocycles. The molecule has 0 aromatic heterocycles. The third-order valence-electron chi connectivity index (χ3n) is 1.37. The molecule has 1 rings (SSSR count). The highest BCUT2D eigenvalue weighted by Crippen LogP contribution is 2.00. The molecule has 0 aliphatic carbocycles. The molecule has 0 aromatic carbocycles. The lowest BCUT2D eigenvalue weighted by Gasteiger charge is -2.26. The maximum absolute atomic E-state index is 10.1. The van der Waals surface area contributed by atoms with Gasteiger partial charge < -0.3 is 9.64 Å². The number of amides is 1. The Labute approximate surface area is 54.6 Å². The first-order valence-electron chi connectivity index (χ1n) is 3.07. The molecule has 1 unspecified atom stereocenters. The van der Waals surface area contributed by atoms with E-state index in [1.54, 1.807) is 4.90 Å². The molecular weight excluding hydrogens is 118 g/mol. The highest BCUT2D eigenvalue weighted by atomic mass is 16.5. The van der Waals surface area contributed by atoms with Crippen molar-refractivity contribution in [2.45, 2.75) is 13.0 Å². The summed E-state index contributed by atoms with van der Waals surface area (Å²) in [6, 6.07) is 0. The molecular formula is C6H10NO2. The largest absolute Gasteiger partial charge is 0.375 e. The quantitative estimate of drug-likeness (QED) is 0.488. The Kier molecular flexibility index (Phi) is 2.05. The molecule has 1 fully saturated rings. The Morgan fingerprint density at radius 2 is 2.56 bits per heavy atom. The van der Waals surface area contributed by atoms with Crippen LogP contribution < -0.4 is 0 Å². The van der Waals surface area contributed by atoms with Crippen LogP contribution in [0.3, 0.4) is 0 Å². The fourth-order valence-corrected chi connectivity index (χ4v) is 0.901. The number of rotatable bonds is 1. The van der Waals surface area contributed by atoms with Crippen molar-refractivity contribution in [3.63, 3.8) is 0 Å². The average molecular weight is 128 g/mol. The summed E-state index contributed by atoms with van der Waals surface area (Å²) in [5.41, 5.74) is 0. The molecule has 1 amide bonds. The molecule has 1 radical (unpaired) electrons. The van der Waals surface area contributed by atoms with E-state index in [1.807, 2.05) is 13.3 Å². The standard InChI is InChI=1S/C6H10NO2/c1-6-4-7(5-8)2-3-9-6/h6H,2-4H2,1H3. The van der Waals surface area contributed by atoms with Gasteiger partial charge in [-0.2, -0.15) is 0 Å². The topological polar surface area (TPSA) is 29.5 Å². The van der Waals surface area contributed by atoms with Crippen molar-refractivity contribution in [1.29, 1.82) is 0 Å². The van der Waals surface area contributed by atoms with E-state index in [2.05, 4.69) is 0 Å². The van der Waals surface area contributed by atoms with Gasteiger partial charge in [0, 0.05) is 13.1 Å². The summed E-state index contributed by atoms with van der Waals surface area (Å²) < 4.78 is 5.19. The molecule has 3 heteroatoms. The number of ether oxygens (including phenoxy) is 1. The second kappa shape index (κ2) is 2.82. The zero-order chi connectivity index (χ0) is 6.69. The van der Waals surface area contributed by atoms with Gasteiger partial charge in [-0.25, -0.2) is 0 Å². The maximum atomic E-state index is 10.1. The van der Waals surface area contributed by atoms with Crippen molar-refractivity contribution < 1.29 is 9.53 Å². The second-order valence-corrected chi connectivity index (χ2v) is 2.22. The molecule has 1 aliphatic rings. The molecule has 0 N–H and O–H groups in total. The molecule has 0 aromatic rings. The summed E-state index contributed by atoms with van der Waals surface area (Å²) in [6.45, 7) is 3.97. The van der Waals surface area contributed by atoms with E-state index >= 15 is 0 Å². The number of carbonyl (C=O) groups excluding carboxylic acids is 1. The average Bonchev–Trinajstić information content (AvgIpc) is 1.88. The van der Waals surface area contributed by atoms with Crippen LogP contribution in [0.1, 0.15) is 6.92 Å². The molecule has 1 heterocycles. The van der Waals surface area contributed by atoms with Crippen molar-refractivity contribution in [3.8, 4) is 0 Å². The Hall–Kier alpha value is -0.570. The third-order valence-corrected chi connectivity index (χ3v) is 1.37. The van der Waals surface area contributed by atoms with Gasteiger partial charge in [0.15, 0.2) is 0 Å². The summed E-state index contributed by atoms with van der Waals surface area (Å²) in [6.07, 6.45) is 2.02. The number of nitrogens with zero attached hydrogens (tertiary/aromatic N) is 1. The monoisotopic (exact) mass is 128 g/mol. The first-order valence-corrected chi connectivity index (χ1v) is 3.07. The van der Waals surface area contributed by atoms with Crippen LogP contribution in [-0.4, -0.2) is 37.1 Å². The first-order chi connectivity index (χ1) is 4.33. The van der Waals surface area contributed by atoms with Gasteiger partial charge in [-0.15, -0.1) is 0 Å². The van der Waals surface area contributed by atoms with Crippen LogP contribution in [0.2, 0.25) is 0 Å². The van der Waals surface area contributed by atoms with Gasteiger partial charge in [0.1, 0.15) is 0 Å². The normalized spacial score (nSPS) is 28.1. The SMILES string of the molecule is CC1CN([C]=O)CCO1. The van der Waals surface area contributed by atoms with Gasteiger partial charge in [-0.3, -0.25) is 4.79 Å². The van der Waals surface area contributed by atoms with Gasteiger partial charge in [-0.1, -0.05) is 0 Å². The third kappa shape index (κ3) is 1.68. The molecule has 0 bridgehead atoms. The van der Waals surface area contributed by atoms with Crippen molar-refractivity contribution in [1.82, 2.24) is 4.90 Å². The zero-order valence-corrected chi connectivity index (χ0v) is 5.46. The molecule has 1 atom stereocenters. The first kappa shape index (κ1) is 6.55. The molecule has 1 saturated heterocycles. The van der Waals surface area contributed by atoms with Gasteiger partial charge in [0.2, 0.25) is 0 Å². The predicted molar refractivity (Wildman–Crippen MR) is 32.7 cm³/mol. The van der Waals surface area contributed by atoms with Crippen LogP contribution in [0.25, 0.3) is 0 Å². The summed E-state index contributed by atoms with van der Waals surface area (Å²) >= 11 is 0. The maximum Gasteiger partial charge on any atom is 0.312 e. The minimum atomic E-state index is 0.181. The Morgan fingerprint density at radius 1 is 1.78 bits per heavy atom. The number of hydrogen-bond donors (Lipinski definition) is 0. The molecule has 3 nitrogen and oxygen atoms in total. The summed E-state index contributed by atoms with van der Waals surface area (Å²) in [7, 11) is 0. The minimum Gasteiger partial charge on any atom is -0.375 e. The molecule has 0 spiro atoms. The van der Waals surface area contributed by atoms with Crippen LogP contribution in [0.4, 0.5) is 0 Å². The van der Waals surface area contributed by atoms with Crippen LogP contribution in [0, 0.1) is 0 Å². The van der Waals surface area contributed by atoms with E-state index in [1.165, 1.54) is 0 Å². The summed E-state index contributed by atoms with van der Waals surface area (Å²) in [5, 5.41) is 0. The van der Waals surface area contributed by atoms with Crippen molar-refractivity contribution in [3.05, 3.63) is 0 Å². The highest BCUT2D eigenvalue weighted by molar-refractivity contribution is 5.48. The van der Waals surface area contributed by atoms with E-state index < -0.39 is 0 Å². The van der Waals surface area contributed by atoms with Crippen LogP contribution in [-0.2, 0) is 9.53 Å². The van der Waals surface area contributed by atoms with Crippen LogP contribution in [0.15, 0.2) is 0 Å². The zero-order valence-electron chi connectivity index (χ0n) is 5.46. The van der Waals surface area contributed by atoms with Gasteiger partial charge in [0.05, 0.1) is 12.7 Å².